The molecule has 1 aliphatic heterocycles. The molecule has 2 N–H and O–H groups in total. The van der Waals surface area contributed by atoms with E-state index in [1.165, 1.54) is 0 Å². The van der Waals surface area contributed by atoms with Gasteiger partial charge in [-0.3, -0.25) is 14.5 Å². The van der Waals surface area contributed by atoms with Crippen LogP contribution in [0.5, 0.6) is 0 Å². The van der Waals surface area contributed by atoms with Gasteiger partial charge in [-0.25, -0.2) is 9.97 Å². The third-order valence-corrected chi connectivity index (χ3v) is 5.74. The number of aryl methyl sites for hydroxylation is 1. The Morgan fingerprint density at radius 2 is 1.91 bits per heavy atom. The molecule has 9 heteroatoms. The van der Waals surface area contributed by atoms with Crippen molar-refractivity contribution in [2.75, 3.05) is 31.5 Å². The maximum atomic E-state index is 12.7. The number of carbonyl (C=O) groups excluding carboxylic acids is 1. The van der Waals surface area contributed by atoms with Gasteiger partial charge in [-0.2, -0.15) is 5.10 Å². The van der Waals surface area contributed by atoms with E-state index in [1.807, 2.05) is 65.2 Å². The largest absolute Gasteiger partial charge is 0.336 e. The Balaban J connectivity index is 1.36. The number of nitrogens with one attached hydrogen (secondary N) is 2. The molecule has 4 aromatic rings. The molecule has 0 spiro atoms. The fraction of sp³-hybridized carbons (Fsp3) is 0.240. The molecule has 0 unspecified atom stereocenters. The molecular formula is C25H26N8O. The molecule has 4 heterocycles. The molecule has 1 aromatic carbocycles. The maximum absolute atomic E-state index is 12.7. The van der Waals surface area contributed by atoms with Crippen molar-refractivity contribution < 1.29 is 4.79 Å². The molecule has 9 nitrogen and oxygen atoms in total. The number of piperazine rings is 1. The number of hydrogen-bond donors (Lipinski definition) is 2. The van der Waals surface area contributed by atoms with E-state index in [4.69, 9.17) is 10.1 Å². The number of aromatic nitrogens is 5. The van der Waals surface area contributed by atoms with Crippen molar-refractivity contribution in [1.82, 2.24) is 34.9 Å². The minimum atomic E-state index is 0.0576. The lowest BCUT2D eigenvalue weighted by Gasteiger charge is -2.27. The SMILES string of the molecule is CCn1cc(-c2ccnc(Nc3ccc(C(=O)N4CCNCC4)cc3)n2)c(-c2cccnc2)n1. The lowest BCUT2D eigenvalue weighted by molar-refractivity contribution is 0.0736. The van der Waals surface area contributed by atoms with Gasteiger partial charge in [0.2, 0.25) is 5.95 Å². The van der Waals surface area contributed by atoms with Crippen molar-refractivity contribution in [3.05, 3.63) is 72.8 Å². The summed E-state index contributed by atoms with van der Waals surface area (Å²) in [6.45, 7) is 5.93. The molecule has 34 heavy (non-hydrogen) atoms. The van der Waals surface area contributed by atoms with Crippen LogP contribution in [0.1, 0.15) is 17.3 Å². The van der Waals surface area contributed by atoms with Gasteiger partial charge in [0.25, 0.3) is 5.91 Å². The number of nitrogens with zero attached hydrogens (tertiary/aromatic N) is 6. The monoisotopic (exact) mass is 454 g/mol. The summed E-state index contributed by atoms with van der Waals surface area (Å²) in [5.41, 5.74) is 4.93. The first-order valence-electron chi connectivity index (χ1n) is 11.4. The van der Waals surface area contributed by atoms with E-state index in [9.17, 15) is 4.79 Å². The number of benzene rings is 1. The third-order valence-electron chi connectivity index (χ3n) is 5.74. The Morgan fingerprint density at radius 3 is 2.65 bits per heavy atom. The molecule has 0 aliphatic carbocycles. The summed E-state index contributed by atoms with van der Waals surface area (Å²) in [5.74, 6) is 0.530. The van der Waals surface area contributed by atoms with Crippen molar-refractivity contribution >= 4 is 17.5 Å². The van der Waals surface area contributed by atoms with Crippen molar-refractivity contribution in [2.45, 2.75) is 13.5 Å². The Morgan fingerprint density at radius 1 is 1.09 bits per heavy atom. The lowest BCUT2D eigenvalue weighted by atomic mass is 10.1. The number of amides is 1. The van der Waals surface area contributed by atoms with Gasteiger partial charge in [0.05, 0.1) is 5.69 Å². The summed E-state index contributed by atoms with van der Waals surface area (Å²) < 4.78 is 1.89. The highest BCUT2D eigenvalue weighted by atomic mass is 16.2. The van der Waals surface area contributed by atoms with Gasteiger partial charge in [-0.05, 0) is 49.4 Å². The summed E-state index contributed by atoms with van der Waals surface area (Å²) in [7, 11) is 0. The number of pyridine rings is 1. The molecule has 1 amide bonds. The van der Waals surface area contributed by atoms with Crippen LogP contribution >= 0.6 is 0 Å². The van der Waals surface area contributed by atoms with Gasteiger partial charge in [0, 0.05) is 79.9 Å². The smallest absolute Gasteiger partial charge is 0.253 e. The highest BCUT2D eigenvalue weighted by Gasteiger charge is 2.18. The second-order valence-electron chi connectivity index (χ2n) is 8.00. The van der Waals surface area contributed by atoms with Crippen molar-refractivity contribution in [2.24, 2.45) is 0 Å². The van der Waals surface area contributed by atoms with Crippen LogP contribution in [0, 0.1) is 0 Å². The number of carbonyl (C=O) groups is 1. The van der Waals surface area contributed by atoms with E-state index in [1.54, 1.807) is 18.6 Å². The van der Waals surface area contributed by atoms with E-state index in [0.29, 0.717) is 11.5 Å². The molecule has 3 aromatic heterocycles. The average Bonchev–Trinajstić information content (AvgIpc) is 3.35. The first-order valence-corrected chi connectivity index (χ1v) is 11.4. The van der Waals surface area contributed by atoms with Crippen molar-refractivity contribution in [1.29, 1.82) is 0 Å². The van der Waals surface area contributed by atoms with Gasteiger partial charge < -0.3 is 15.5 Å². The molecule has 0 atom stereocenters. The Kier molecular flexibility index (Phi) is 6.26. The Labute approximate surface area is 197 Å². The standard InChI is InChI=1S/C25H26N8O/c1-2-33-17-21(23(31-33)19-4-3-10-27-16-19)22-9-11-28-25(30-22)29-20-7-5-18(6-8-20)24(34)32-14-12-26-13-15-32/h3-11,16-17,26H,2,12-15H2,1H3,(H,28,29,30). The minimum absolute atomic E-state index is 0.0576. The van der Waals surface area contributed by atoms with E-state index < -0.39 is 0 Å². The van der Waals surface area contributed by atoms with Crippen LogP contribution in [0.2, 0.25) is 0 Å². The van der Waals surface area contributed by atoms with Crippen LogP contribution in [0.25, 0.3) is 22.5 Å². The highest BCUT2D eigenvalue weighted by molar-refractivity contribution is 5.94. The molecule has 0 saturated carbocycles. The fourth-order valence-electron chi connectivity index (χ4n) is 3.93. The predicted octanol–water partition coefficient (Wildman–Crippen LogP) is 3.21. The number of anilines is 2. The summed E-state index contributed by atoms with van der Waals surface area (Å²) in [5, 5.41) is 11.2. The van der Waals surface area contributed by atoms with Gasteiger partial charge >= 0.3 is 0 Å². The molecule has 1 aliphatic rings. The summed E-state index contributed by atoms with van der Waals surface area (Å²) in [6.07, 6.45) is 7.26. The summed E-state index contributed by atoms with van der Waals surface area (Å²) >= 11 is 0. The average molecular weight is 455 g/mol. The van der Waals surface area contributed by atoms with Crippen LogP contribution in [-0.4, -0.2) is 61.7 Å². The van der Waals surface area contributed by atoms with Crippen LogP contribution in [0.15, 0.2) is 67.3 Å². The zero-order chi connectivity index (χ0) is 23.3. The third kappa shape index (κ3) is 4.65. The summed E-state index contributed by atoms with van der Waals surface area (Å²) in [6, 6.07) is 13.2. The van der Waals surface area contributed by atoms with Gasteiger partial charge in [-0.1, -0.05) is 0 Å². The van der Waals surface area contributed by atoms with Crippen molar-refractivity contribution in [3.63, 3.8) is 0 Å². The quantitative estimate of drug-likeness (QED) is 0.461. The van der Waals surface area contributed by atoms with E-state index in [0.717, 1.165) is 60.9 Å². The second-order valence-corrected chi connectivity index (χ2v) is 8.00. The molecular weight excluding hydrogens is 428 g/mol. The molecule has 172 valence electrons. The van der Waals surface area contributed by atoms with Gasteiger partial charge in [0.15, 0.2) is 0 Å². The molecule has 0 radical (unpaired) electrons. The van der Waals surface area contributed by atoms with E-state index >= 15 is 0 Å². The normalized spacial score (nSPS) is 13.6. The Hall–Kier alpha value is -4.11. The molecule has 1 saturated heterocycles. The van der Waals surface area contributed by atoms with E-state index in [2.05, 4.69) is 20.6 Å². The second kappa shape index (κ2) is 9.80. The first-order chi connectivity index (χ1) is 16.7. The topological polar surface area (TPSA) is 101 Å². The minimum Gasteiger partial charge on any atom is -0.336 e. The molecule has 1 fully saturated rings. The zero-order valence-corrected chi connectivity index (χ0v) is 19.0. The highest BCUT2D eigenvalue weighted by Crippen LogP contribution is 2.30. The van der Waals surface area contributed by atoms with Crippen LogP contribution in [0.4, 0.5) is 11.6 Å². The summed E-state index contributed by atoms with van der Waals surface area (Å²) in [4.78, 5) is 27.9. The predicted molar refractivity (Wildman–Crippen MR) is 131 cm³/mol. The van der Waals surface area contributed by atoms with Crippen LogP contribution in [0.3, 0.4) is 0 Å². The first kappa shape index (κ1) is 21.7. The van der Waals surface area contributed by atoms with Crippen LogP contribution in [-0.2, 0) is 6.54 Å². The van der Waals surface area contributed by atoms with Crippen LogP contribution < -0.4 is 10.6 Å². The van der Waals surface area contributed by atoms with Crippen molar-refractivity contribution in [3.8, 4) is 22.5 Å². The van der Waals surface area contributed by atoms with Gasteiger partial charge in [0.1, 0.15) is 5.69 Å². The number of hydrogen-bond acceptors (Lipinski definition) is 7. The molecule has 5 rings (SSSR count). The zero-order valence-electron chi connectivity index (χ0n) is 19.0. The van der Waals surface area contributed by atoms with E-state index in [-0.39, 0.29) is 5.91 Å². The van der Waals surface area contributed by atoms with Gasteiger partial charge in [-0.15, -0.1) is 0 Å². The lowest BCUT2D eigenvalue weighted by Crippen LogP contribution is -2.46. The number of rotatable bonds is 6. The molecule has 0 bridgehead atoms. The maximum Gasteiger partial charge on any atom is 0.253 e. The Bertz CT molecular complexity index is 1260. The fourth-order valence-corrected chi connectivity index (χ4v) is 3.93.